The molecule has 2 amide bonds. The molecule has 1 unspecified atom stereocenters. The van der Waals surface area contributed by atoms with E-state index in [9.17, 15) is 29.3 Å². The molecule has 8 nitrogen and oxygen atoms in total. The first-order valence-electron chi connectivity index (χ1n) is 11.8. The highest BCUT2D eigenvalue weighted by atomic mass is 19.1. The Morgan fingerprint density at radius 3 is 2.50 bits per heavy atom. The number of rotatable bonds is 11. The highest BCUT2D eigenvalue weighted by molar-refractivity contribution is 5.89. The van der Waals surface area contributed by atoms with Crippen LogP contribution in [0.5, 0.6) is 0 Å². The number of nitrogens with one attached hydrogen (secondary N) is 1. The molecule has 0 spiro atoms. The Morgan fingerprint density at radius 1 is 1.21 bits per heavy atom. The average Bonchev–Trinajstić information content (AvgIpc) is 2.99. The third kappa shape index (κ3) is 7.87. The third-order valence-corrected chi connectivity index (χ3v) is 6.19. The van der Waals surface area contributed by atoms with Gasteiger partial charge in [0.15, 0.2) is 6.10 Å². The summed E-state index contributed by atoms with van der Waals surface area (Å²) in [5.41, 5.74) is 0.773. The number of amides is 2. The Hall–Kier alpha value is -2.33. The van der Waals surface area contributed by atoms with Crippen LogP contribution in [0.3, 0.4) is 0 Å². The topological polar surface area (TPSA) is 119 Å². The lowest BCUT2D eigenvalue weighted by atomic mass is 9.99. The molecule has 0 saturated carbocycles. The van der Waals surface area contributed by atoms with Gasteiger partial charge in [-0.1, -0.05) is 44.6 Å². The monoisotopic (exact) mass is 480 g/mol. The Labute approximate surface area is 200 Å². The number of carbonyl (C=O) groups excluding carboxylic acids is 2. The van der Waals surface area contributed by atoms with Crippen molar-refractivity contribution >= 4 is 11.8 Å². The number of halogens is 1. The number of benzene rings is 1. The van der Waals surface area contributed by atoms with Gasteiger partial charge in [-0.2, -0.15) is 0 Å². The summed E-state index contributed by atoms with van der Waals surface area (Å²) in [6.45, 7) is 4.72. The molecule has 0 aliphatic carbocycles. The van der Waals surface area contributed by atoms with E-state index in [4.69, 9.17) is 4.74 Å². The number of hydrogen-bond acceptors (Lipinski definition) is 6. The zero-order valence-corrected chi connectivity index (χ0v) is 20.1. The molecule has 2 rings (SSSR count). The van der Waals surface area contributed by atoms with Gasteiger partial charge in [-0.15, -0.1) is 0 Å². The predicted molar refractivity (Wildman–Crippen MR) is 125 cm³/mol. The molecule has 1 aromatic carbocycles. The van der Waals surface area contributed by atoms with Gasteiger partial charge < -0.3 is 30.3 Å². The van der Waals surface area contributed by atoms with Gasteiger partial charge in [-0.3, -0.25) is 9.59 Å². The number of ether oxygens (including phenoxy) is 1. The summed E-state index contributed by atoms with van der Waals surface area (Å²) >= 11 is 0. The van der Waals surface area contributed by atoms with E-state index in [1.54, 1.807) is 23.1 Å². The van der Waals surface area contributed by atoms with E-state index in [2.05, 4.69) is 5.32 Å². The molecule has 34 heavy (non-hydrogen) atoms. The van der Waals surface area contributed by atoms with Crippen molar-refractivity contribution in [2.45, 2.75) is 76.5 Å². The maximum Gasteiger partial charge on any atom is 0.252 e. The zero-order valence-electron chi connectivity index (χ0n) is 20.1. The van der Waals surface area contributed by atoms with Gasteiger partial charge in [0.1, 0.15) is 30.2 Å². The molecular weight excluding hydrogens is 443 g/mol. The quantitative estimate of drug-likeness (QED) is 0.357. The van der Waals surface area contributed by atoms with Gasteiger partial charge in [0, 0.05) is 20.2 Å². The Kier molecular flexibility index (Phi) is 11.1. The van der Waals surface area contributed by atoms with Gasteiger partial charge in [-0.05, 0) is 42.9 Å². The first-order chi connectivity index (χ1) is 16.2. The molecule has 0 bridgehead atoms. The van der Waals surface area contributed by atoms with Gasteiger partial charge >= 0.3 is 0 Å². The molecule has 1 aliphatic rings. The fourth-order valence-electron chi connectivity index (χ4n) is 3.80. The molecule has 1 aliphatic heterocycles. The summed E-state index contributed by atoms with van der Waals surface area (Å²) in [5, 5.41) is 33.7. The summed E-state index contributed by atoms with van der Waals surface area (Å²) in [4.78, 5) is 27.6. The van der Waals surface area contributed by atoms with E-state index in [1.807, 2.05) is 13.8 Å². The van der Waals surface area contributed by atoms with E-state index in [0.717, 1.165) is 18.4 Å². The van der Waals surface area contributed by atoms with Crippen molar-refractivity contribution in [3.8, 4) is 0 Å². The lowest BCUT2D eigenvalue weighted by Crippen LogP contribution is -2.55. The van der Waals surface area contributed by atoms with Crippen LogP contribution in [0.1, 0.15) is 45.1 Å². The second-order valence-electron chi connectivity index (χ2n) is 8.84. The molecule has 190 valence electrons. The normalized spacial score (nSPS) is 21.6. The third-order valence-electron chi connectivity index (χ3n) is 6.19. The van der Waals surface area contributed by atoms with Crippen molar-refractivity contribution in [2.75, 3.05) is 13.7 Å². The fourth-order valence-corrected chi connectivity index (χ4v) is 3.80. The minimum Gasteiger partial charge on any atom is -0.387 e. The summed E-state index contributed by atoms with van der Waals surface area (Å²) in [5.74, 6) is -1.21. The molecule has 1 saturated heterocycles. The lowest BCUT2D eigenvalue weighted by molar-refractivity contribution is -0.151. The van der Waals surface area contributed by atoms with Crippen molar-refractivity contribution in [3.05, 3.63) is 47.8 Å². The molecule has 0 aromatic heterocycles. The molecule has 0 radical (unpaired) electrons. The minimum absolute atomic E-state index is 0.180. The van der Waals surface area contributed by atoms with Gasteiger partial charge in [0.05, 0.1) is 0 Å². The van der Waals surface area contributed by atoms with Gasteiger partial charge in [0.25, 0.3) is 5.91 Å². The number of allylic oxidation sites excluding steroid dienone is 1. The Bertz CT molecular complexity index is 818. The Balaban J connectivity index is 2.04. The van der Waals surface area contributed by atoms with Crippen LogP contribution >= 0.6 is 0 Å². The summed E-state index contributed by atoms with van der Waals surface area (Å²) in [6, 6.07) is 5.06. The van der Waals surface area contributed by atoms with E-state index < -0.39 is 36.4 Å². The lowest BCUT2D eigenvalue weighted by Gasteiger charge is -2.29. The van der Waals surface area contributed by atoms with Crippen molar-refractivity contribution < 1.29 is 34.0 Å². The number of aliphatic hydroxyl groups is 3. The maximum atomic E-state index is 13.2. The molecule has 9 heteroatoms. The molecule has 1 heterocycles. The van der Waals surface area contributed by atoms with Crippen LogP contribution in [0, 0.1) is 11.7 Å². The number of aliphatic hydroxyl groups excluding tert-OH is 3. The van der Waals surface area contributed by atoms with Crippen molar-refractivity contribution in [3.63, 3.8) is 0 Å². The van der Waals surface area contributed by atoms with Crippen LogP contribution in [-0.4, -0.2) is 76.1 Å². The van der Waals surface area contributed by atoms with E-state index in [1.165, 1.54) is 25.3 Å². The van der Waals surface area contributed by atoms with Gasteiger partial charge in [0.2, 0.25) is 5.91 Å². The number of hydrogen-bond donors (Lipinski definition) is 4. The van der Waals surface area contributed by atoms with Crippen molar-refractivity contribution in [1.29, 1.82) is 0 Å². The number of likely N-dealkylation sites (tertiary alicyclic amines) is 1. The zero-order chi connectivity index (χ0) is 25.3. The molecular formula is C25H37FN2O6. The first-order valence-corrected chi connectivity index (χ1v) is 11.8. The number of carbonyl (C=O) groups is 2. The predicted octanol–water partition coefficient (Wildman–Crippen LogP) is 1.52. The van der Waals surface area contributed by atoms with Crippen molar-refractivity contribution in [1.82, 2.24) is 10.2 Å². The van der Waals surface area contributed by atoms with E-state index in [-0.39, 0.29) is 24.2 Å². The molecule has 6 atom stereocenters. The van der Waals surface area contributed by atoms with E-state index >= 15 is 0 Å². The second-order valence-corrected chi connectivity index (χ2v) is 8.84. The van der Waals surface area contributed by atoms with Crippen LogP contribution in [0.25, 0.3) is 0 Å². The second kappa shape index (κ2) is 13.5. The fraction of sp³-hybridized carbons (Fsp3) is 0.600. The molecule has 1 fully saturated rings. The van der Waals surface area contributed by atoms with Crippen molar-refractivity contribution in [2.24, 2.45) is 5.92 Å². The largest absolute Gasteiger partial charge is 0.387 e. The molecule has 4 N–H and O–H groups in total. The van der Waals surface area contributed by atoms with Gasteiger partial charge in [-0.25, -0.2) is 4.39 Å². The van der Waals surface area contributed by atoms with E-state index in [0.29, 0.717) is 19.4 Å². The molecule has 1 aromatic rings. The van der Waals surface area contributed by atoms with Crippen LogP contribution < -0.4 is 5.32 Å². The number of nitrogens with zero attached hydrogens (tertiary/aromatic N) is 1. The van der Waals surface area contributed by atoms with Crippen LogP contribution in [-0.2, 0) is 20.9 Å². The number of methoxy groups -OCH3 is 1. The standard InChI is InChI=1S/C25H37FN2O6/c1-4-16(2)8-13-20(29)21(30)22(31)23(34-3)24(32)27-19-7-5-6-14-28(25(19)33)15-17-9-11-18(26)12-10-17/h8-13,16,19-23,29-31H,4-7,14-15H2,1-3H3,(H,27,32)/b13-8+/t16?,19-,20+,21-,22+,23+/m0/s1. The summed E-state index contributed by atoms with van der Waals surface area (Å²) in [7, 11) is 1.21. The van der Waals surface area contributed by atoms with Crippen LogP contribution in [0.15, 0.2) is 36.4 Å². The Morgan fingerprint density at radius 2 is 1.88 bits per heavy atom. The average molecular weight is 481 g/mol. The summed E-state index contributed by atoms with van der Waals surface area (Å²) in [6.07, 6.45) is -0.408. The highest BCUT2D eigenvalue weighted by Gasteiger charge is 2.37. The minimum atomic E-state index is -1.71. The van der Waals surface area contributed by atoms with Crippen LogP contribution in [0.4, 0.5) is 4.39 Å². The van der Waals surface area contributed by atoms with Crippen LogP contribution in [0.2, 0.25) is 0 Å². The highest BCUT2D eigenvalue weighted by Crippen LogP contribution is 2.17. The smallest absolute Gasteiger partial charge is 0.252 e. The SMILES string of the molecule is CCC(C)/C=C/[C@@H](O)[C@H](O)[C@@H](O)[C@@H](OC)C(=O)N[C@H]1CCCCN(Cc2ccc(F)cc2)C1=O. The maximum absolute atomic E-state index is 13.2. The summed E-state index contributed by atoms with van der Waals surface area (Å²) < 4.78 is 18.3. The first kappa shape index (κ1) is 27.9.